The van der Waals surface area contributed by atoms with E-state index in [1.165, 1.54) is 148 Å². The van der Waals surface area contributed by atoms with Crippen molar-refractivity contribution in [3.8, 4) is 0 Å². The smallest absolute Gasteiger partial charge is 0.306 e. The predicted molar refractivity (Wildman–Crippen MR) is 257 cm³/mol. The minimum atomic E-state index is -4.60. The van der Waals surface area contributed by atoms with Gasteiger partial charge in [0.05, 0.1) is 6.61 Å². The number of aliphatic hydroxyl groups excluding tert-OH is 3. The van der Waals surface area contributed by atoms with Crippen LogP contribution >= 0.6 is 0 Å². The standard InChI is InChI=1S/C51H96O12S/c1-3-5-7-9-11-13-15-17-18-19-20-21-22-23-24-25-26-28-30-32-34-36-38-40-47(53)62-44(42-61-51-50(56)49(55)48(54)45(63-51)43-64(57,58)59)41-60-46(52)39-37-35-33-31-29-27-16-14-12-10-8-6-4-2/h14,16,44-45,48-51,54-56H,3-13,15,17-43H2,1-2H3,(H,57,58,59)/b16-14+/t44-,45-,48-,49?,50?,51+/m1/s1. The summed E-state index contributed by atoms with van der Waals surface area (Å²) in [5.74, 6) is -1.98. The van der Waals surface area contributed by atoms with Gasteiger partial charge in [0, 0.05) is 12.8 Å². The van der Waals surface area contributed by atoms with E-state index in [1.807, 2.05) is 0 Å². The van der Waals surface area contributed by atoms with E-state index in [-0.39, 0.29) is 19.4 Å². The second kappa shape index (κ2) is 41.6. The Labute approximate surface area is 390 Å². The van der Waals surface area contributed by atoms with Gasteiger partial charge in [0.15, 0.2) is 12.4 Å². The van der Waals surface area contributed by atoms with E-state index >= 15 is 0 Å². The number of hydrogen-bond donors (Lipinski definition) is 4. The minimum absolute atomic E-state index is 0.169. The lowest BCUT2D eigenvalue weighted by Gasteiger charge is -2.40. The Balaban J connectivity index is 2.32. The molecule has 1 aliphatic heterocycles. The van der Waals surface area contributed by atoms with Crippen molar-refractivity contribution in [2.75, 3.05) is 19.0 Å². The predicted octanol–water partition coefficient (Wildman–Crippen LogP) is 11.8. The van der Waals surface area contributed by atoms with Crippen LogP contribution in [0.5, 0.6) is 0 Å². The number of aliphatic hydroxyl groups is 3. The Bertz CT molecular complexity index is 1230. The van der Waals surface area contributed by atoms with Gasteiger partial charge in [-0.15, -0.1) is 0 Å². The second-order valence-electron chi connectivity index (χ2n) is 18.5. The molecule has 0 bridgehead atoms. The Morgan fingerprint density at radius 3 is 1.31 bits per heavy atom. The minimum Gasteiger partial charge on any atom is -0.462 e. The SMILES string of the molecule is CCCCCC/C=C/CCCCCCCC(=O)OC[C@H](CO[C@H]1O[C@H](CS(=O)(=O)O)[C@@H](O)C(O)C1O)OC(=O)CCCCCCCCCCCCCCCCCCCCCCCCC. The topological polar surface area (TPSA) is 186 Å². The number of allylic oxidation sites excluding steroid dienone is 2. The summed E-state index contributed by atoms with van der Waals surface area (Å²) < 4.78 is 54.2. The molecule has 378 valence electrons. The summed E-state index contributed by atoms with van der Waals surface area (Å²) in [6.07, 6.45) is 36.9. The Morgan fingerprint density at radius 2 is 0.891 bits per heavy atom. The van der Waals surface area contributed by atoms with Crippen LogP contribution in [0, 0.1) is 0 Å². The first-order chi connectivity index (χ1) is 31.0. The molecular formula is C51H96O12S. The largest absolute Gasteiger partial charge is 0.462 e. The highest BCUT2D eigenvalue weighted by molar-refractivity contribution is 7.85. The van der Waals surface area contributed by atoms with Crippen molar-refractivity contribution in [2.24, 2.45) is 0 Å². The number of ether oxygens (including phenoxy) is 4. The van der Waals surface area contributed by atoms with Gasteiger partial charge in [-0.05, 0) is 38.5 Å². The molecule has 2 unspecified atom stereocenters. The van der Waals surface area contributed by atoms with E-state index in [4.69, 9.17) is 18.9 Å². The Morgan fingerprint density at radius 1 is 0.516 bits per heavy atom. The molecule has 0 saturated carbocycles. The third kappa shape index (κ3) is 35.6. The van der Waals surface area contributed by atoms with Crippen LogP contribution in [0.4, 0.5) is 0 Å². The van der Waals surface area contributed by atoms with Crippen molar-refractivity contribution in [2.45, 2.75) is 282 Å². The molecule has 0 aliphatic carbocycles. The molecule has 13 heteroatoms. The van der Waals surface area contributed by atoms with Crippen molar-refractivity contribution < 1.29 is 56.8 Å². The van der Waals surface area contributed by atoms with Crippen LogP contribution < -0.4 is 0 Å². The summed E-state index contributed by atoms with van der Waals surface area (Å²) in [5, 5.41) is 31.0. The summed E-state index contributed by atoms with van der Waals surface area (Å²) in [4.78, 5) is 25.5. The zero-order chi connectivity index (χ0) is 46.9. The monoisotopic (exact) mass is 933 g/mol. The van der Waals surface area contributed by atoms with E-state index < -0.39 is 71.2 Å². The maximum absolute atomic E-state index is 12.9. The van der Waals surface area contributed by atoms with Gasteiger partial charge in [0.25, 0.3) is 10.1 Å². The molecular weight excluding hydrogens is 837 g/mol. The lowest BCUT2D eigenvalue weighted by atomic mass is 10.00. The van der Waals surface area contributed by atoms with Gasteiger partial charge in [-0.3, -0.25) is 14.1 Å². The van der Waals surface area contributed by atoms with E-state index in [9.17, 15) is 37.9 Å². The lowest BCUT2D eigenvalue weighted by Crippen LogP contribution is -2.60. The summed E-state index contributed by atoms with van der Waals surface area (Å²) in [6.45, 7) is 3.78. The molecule has 6 atom stereocenters. The molecule has 1 fully saturated rings. The van der Waals surface area contributed by atoms with Crippen LogP contribution in [0.1, 0.15) is 245 Å². The summed E-state index contributed by atoms with van der Waals surface area (Å²) in [6, 6.07) is 0. The average molecular weight is 933 g/mol. The molecule has 0 aromatic carbocycles. The fourth-order valence-electron chi connectivity index (χ4n) is 8.26. The Kier molecular flexibility index (Phi) is 39.2. The highest BCUT2D eigenvalue weighted by Gasteiger charge is 2.46. The number of carbonyl (C=O) groups is 2. The third-order valence-corrected chi connectivity index (χ3v) is 13.1. The first-order valence-electron chi connectivity index (χ1n) is 26.2. The van der Waals surface area contributed by atoms with Gasteiger partial charge in [0.2, 0.25) is 0 Å². The van der Waals surface area contributed by atoms with E-state index in [0.717, 1.165) is 57.8 Å². The quantitative estimate of drug-likeness (QED) is 0.0196. The van der Waals surface area contributed by atoms with Crippen molar-refractivity contribution in [3.05, 3.63) is 12.2 Å². The molecule has 1 heterocycles. The summed E-state index contributed by atoms with van der Waals surface area (Å²) in [5.41, 5.74) is 0. The molecule has 4 N–H and O–H groups in total. The second-order valence-corrected chi connectivity index (χ2v) is 20.0. The molecule has 1 saturated heterocycles. The fourth-order valence-corrected chi connectivity index (χ4v) is 8.95. The van der Waals surface area contributed by atoms with Gasteiger partial charge in [-0.25, -0.2) is 0 Å². The van der Waals surface area contributed by atoms with Crippen molar-refractivity contribution in [3.63, 3.8) is 0 Å². The number of carbonyl (C=O) groups excluding carboxylic acids is 2. The molecule has 0 aromatic rings. The number of esters is 2. The van der Waals surface area contributed by atoms with E-state index in [1.54, 1.807) is 0 Å². The zero-order valence-corrected chi connectivity index (χ0v) is 41.5. The van der Waals surface area contributed by atoms with E-state index in [0.29, 0.717) is 12.8 Å². The molecule has 0 amide bonds. The van der Waals surface area contributed by atoms with Gasteiger partial charge in [-0.2, -0.15) is 8.42 Å². The van der Waals surface area contributed by atoms with Crippen molar-refractivity contribution in [1.82, 2.24) is 0 Å². The summed E-state index contributed by atoms with van der Waals surface area (Å²) in [7, 11) is -4.60. The fraction of sp³-hybridized carbons (Fsp3) is 0.922. The van der Waals surface area contributed by atoms with E-state index in [2.05, 4.69) is 26.0 Å². The molecule has 1 aliphatic rings. The van der Waals surface area contributed by atoms with Gasteiger partial charge in [-0.1, -0.05) is 206 Å². The highest BCUT2D eigenvalue weighted by Crippen LogP contribution is 2.24. The maximum Gasteiger partial charge on any atom is 0.306 e. The molecule has 0 aromatic heterocycles. The normalized spacial score (nSPS) is 19.6. The van der Waals surface area contributed by atoms with Gasteiger partial charge in [0.1, 0.15) is 36.8 Å². The number of rotatable bonds is 45. The summed E-state index contributed by atoms with van der Waals surface area (Å²) >= 11 is 0. The van der Waals surface area contributed by atoms with Crippen LogP contribution in [-0.2, 0) is 38.7 Å². The third-order valence-electron chi connectivity index (χ3n) is 12.3. The number of hydrogen-bond acceptors (Lipinski definition) is 11. The molecule has 12 nitrogen and oxygen atoms in total. The van der Waals surface area contributed by atoms with Crippen LogP contribution in [0.3, 0.4) is 0 Å². The van der Waals surface area contributed by atoms with Crippen LogP contribution in [0.25, 0.3) is 0 Å². The molecule has 64 heavy (non-hydrogen) atoms. The molecule has 0 radical (unpaired) electrons. The lowest BCUT2D eigenvalue weighted by molar-refractivity contribution is -0.297. The first kappa shape index (κ1) is 60.4. The number of unbranched alkanes of at least 4 members (excludes halogenated alkanes) is 31. The van der Waals surface area contributed by atoms with Gasteiger partial charge < -0.3 is 34.3 Å². The van der Waals surface area contributed by atoms with Crippen LogP contribution in [0.2, 0.25) is 0 Å². The van der Waals surface area contributed by atoms with Gasteiger partial charge >= 0.3 is 11.9 Å². The maximum atomic E-state index is 12.9. The van der Waals surface area contributed by atoms with Crippen molar-refractivity contribution >= 4 is 22.1 Å². The first-order valence-corrected chi connectivity index (χ1v) is 27.9. The average Bonchev–Trinajstić information content (AvgIpc) is 3.26. The van der Waals surface area contributed by atoms with Crippen LogP contribution in [-0.4, -0.2) is 96.0 Å². The zero-order valence-electron chi connectivity index (χ0n) is 40.7. The highest BCUT2D eigenvalue weighted by atomic mass is 32.2. The Hall–Kier alpha value is -1.61. The molecule has 0 spiro atoms. The van der Waals surface area contributed by atoms with Crippen molar-refractivity contribution in [1.29, 1.82) is 0 Å². The molecule has 1 rings (SSSR count). The van der Waals surface area contributed by atoms with Crippen LogP contribution in [0.15, 0.2) is 12.2 Å².